The molecule has 0 aromatic carbocycles. The number of aryl methyl sites for hydroxylation is 1. The fourth-order valence-electron chi connectivity index (χ4n) is 1.64. The van der Waals surface area contributed by atoms with E-state index >= 15 is 0 Å². The SMILES string of the molecule is CCCCn1nnnc1CSc1ncc(CO)n1C. The lowest BCUT2D eigenvalue weighted by molar-refractivity contribution is 0.271. The van der Waals surface area contributed by atoms with Gasteiger partial charge in [-0.15, -0.1) is 5.10 Å². The summed E-state index contributed by atoms with van der Waals surface area (Å²) in [5.41, 5.74) is 0.799. The lowest BCUT2D eigenvalue weighted by Gasteiger charge is -2.04. The van der Waals surface area contributed by atoms with Crippen LogP contribution in [0.2, 0.25) is 0 Å². The van der Waals surface area contributed by atoms with Crippen molar-refractivity contribution in [3.8, 4) is 0 Å². The van der Waals surface area contributed by atoms with Crippen LogP contribution >= 0.6 is 11.8 Å². The van der Waals surface area contributed by atoms with Gasteiger partial charge in [0.15, 0.2) is 11.0 Å². The van der Waals surface area contributed by atoms with Crippen LogP contribution in [0.3, 0.4) is 0 Å². The molecule has 8 heteroatoms. The Morgan fingerprint density at radius 3 is 2.95 bits per heavy atom. The Hall–Kier alpha value is -1.41. The van der Waals surface area contributed by atoms with Gasteiger partial charge in [-0.05, 0) is 16.8 Å². The molecule has 0 atom stereocenters. The molecule has 0 radical (unpaired) electrons. The van der Waals surface area contributed by atoms with Gasteiger partial charge in [-0.3, -0.25) is 0 Å². The molecule has 104 valence electrons. The van der Waals surface area contributed by atoms with Crippen LogP contribution in [-0.2, 0) is 26.0 Å². The lowest BCUT2D eigenvalue weighted by atomic mass is 10.3. The normalized spacial score (nSPS) is 11.1. The molecule has 0 aliphatic carbocycles. The molecule has 0 saturated heterocycles. The van der Waals surface area contributed by atoms with Crippen molar-refractivity contribution < 1.29 is 5.11 Å². The molecule has 2 heterocycles. The van der Waals surface area contributed by atoms with Crippen LogP contribution in [0.1, 0.15) is 31.3 Å². The van der Waals surface area contributed by atoms with Gasteiger partial charge < -0.3 is 9.67 Å². The number of tetrazole rings is 1. The fourth-order valence-corrected chi connectivity index (χ4v) is 2.55. The van der Waals surface area contributed by atoms with Crippen LogP contribution in [-0.4, -0.2) is 34.9 Å². The third-order valence-electron chi connectivity index (χ3n) is 2.86. The molecular formula is C11H18N6OS. The van der Waals surface area contributed by atoms with E-state index in [-0.39, 0.29) is 6.61 Å². The summed E-state index contributed by atoms with van der Waals surface area (Å²) < 4.78 is 3.72. The molecule has 0 amide bonds. The van der Waals surface area contributed by atoms with Crippen molar-refractivity contribution in [3.05, 3.63) is 17.7 Å². The molecule has 1 N–H and O–H groups in total. The highest BCUT2D eigenvalue weighted by Gasteiger charge is 2.10. The molecule has 0 spiro atoms. The Labute approximate surface area is 116 Å². The van der Waals surface area contributed by atoms with E-state index in [0.717, 1.165) is 36.1 Å². The van der Waals surface area contributed by atoms with E-state index in [9.17, 15) is 0 Å². The minimum atomic E-state index is -0.00169. The summed E-state index contributed by atoms with van der Waals surface area (Å²) in [6.45, 7) is 2.99. The zero-order valence-corrected chi connectivity index (χ0v) is 12.0. The molecule has 0 unspecified atom stereocenters. The highest BCUT2D eigenvalue weighted by atomic mass is 32.2. The summed E-state index contributed by atoms with van der Waals surface area (Å²) >= 11 is 1.57. The molecule has 0 fully saturated rings. The number of hydrogen-bond acceptors (Lipinski definition) is 6. The number of nitrogens with zero attached hydrogens (tertiary/aromatic N) is 6. The maximum atomic E-state index is 9.12. The molecule has 7 nitrogen and oxygen atoms in total. The zero-order valence-electron chi connectivity index (χ0n) is 11.2. The van der Waals surface area contributed by atoms with Gasteiger partial charge in [0.25, 0.3) is 0 Å². The molecule has 0 aliphatic rings. The highest BCUT2D eigenvalue weighted by Crippen LogP contribution is 2.20. The number of thioether (sulfide) groups is 1. The largest absolute Gasteiger partial charge is 0.390 e. The van der Waals surface area contributed by atoms with Gasteiger partial charge in [-0.1, -0.05) is 25.1 Å². The average Bonchev–Trinajstić information content (AvgIpc) is 3.00. The third-order valence-corrected chi connectivity index (χ3v) is 3.90. The zero-order chi connectivity index (χ0) is 13.7. The molecule has 19 heavy (non-hydrogen) atoms. The van der Waals surface area contributed by atoms with Gasteiger partial charge in [-0.25, -0.2) is 9.67 Å². The fraction of sp³-hybridized carbons (Fsp3) is 0.636. The summed E-state index contributed by atoms with van der Waals surface area (Å²) in [4.78, 5) is 4.27. The third kappa shape index (κ3) is 3.32. The van der Waals surface area contributed by atoms with E-state index in [1.807, 2.05) is 16.3 Å². The monoisotopic (exact) mass is 282 g/mol. The predicted octanol–water partition coefficient (Wildman–Crippen LogP) is 0.991. The number of aromatic nitrogens is 6. The molecule has 2 aromatic rings. The Bertz CT molecular complexity index is 523. The van der Waals surface area contributed by atoms with E-state index < -0.39 is 0 Å². The first-order valence-corrected chi connectivity index (χ1v) is 7.24. The van der Waals surface area contributed by atoms with E-state index in [4.69, 9.17) is 5.11 Å². The van der Waals surface area contributed by atoms with Crippen molar-refractivity contribution in [2.45, 2.75) is 43.8 Å². The van der Waals surface area contributed by atoms with Gasteiger partial charge >= 0.3 is 0 Å². The molecule has 0 bridgehead atoms. The van der Waals surface area contributed by atoms with Crippen LogP contribution in [0.5, 0.6) is 0 Å². The van der Waals surface area contributed by atoms with Crippen molar-refractivity contribution >= 4 is 11.8 Å². The number of unbranched alkanes of at least 4 members (excludes halogenated alkanes) is 1. The second kappa shape index (κ2) is 6.67. The second-order valence-corrected chi connectivity index (χ2v) is 5.15. The van der Waals surface area contributed by atoms with E-state index in [1.165, 1.54) is 0 Å². The highest BCUT2D eigenvalue weighted by molar-refractivity contribution is 7.98. The van der Waals surface area contributed by atoms with Crippen molar-refractivity contribution in [1.29, 1.82) is 0 Å². The minimum absolute atomic E-state index is 0.00169. The van der Waals surface area contributed by atoms with Gasteiger partial charge in [0.2, 0.25) is 0 Å². The van der Waals surface area contributed by atoms with Crippen LogP contribution < -0.4 is 0 Å². The van der Waals surface area contributed by atoms with Crippen molar-refractivity contribution in [2.75, 3.05) is 0 Å². The van der Waals surface area contributed by atoms with Crippen LogP contribution in [0, 0.1) is 0 Å². The molecular weight excluding hydrogens is 264 g/mol. The molecule has 0 saturated carbocycles. The maximum absolute atomic E-state index is 9.12. The van der Waals surface area contributed by atoms with Crippen LogP contribution in [0.25, 0.3) is 0 Å². The Morgan fingerprint density at radius 2 is 2.26 bits per heavy atom. The number of aliphatic hydroxyl groups excluding tert-OH is 1. The summed E-state index contributed by atoms with van der Waals surface area (Å²) in [7, 11) is 1.89. The smallest absolute Gasteiger partial charge is 0.168 e. The van der Waals surface area contributed by atoms with Gasteiger partial charge in [0.05, 0.1) is 24.3 Å². The van der Waals surface area contributed by atoms with Gasteiger partial charge in [0, 0.05) is 13.6 Å². The van der Waals surface area contributed by atoms with Crippen molar-refractivity contribution in [3.63, 3.8) is 0 Å². The Morgan fingerprint density at radius 1 is 1.42 bits per heavy atom. The first-order chi connectivity index (χ1) is 9.26. The standard InChI is InChI=1S/C11H18N6OS/c1-3-4-5-17-10(13-14-15-17)8-19-11-12-6-9(7-18)16(11)2/h6,18H,3-5,7-8H2,1-2H3. The number of hydrogen-bond donors (Lipinski definition) is 1. The van der Waals surface area contributed by atoms with Gasteiger partial charge in [0.1, 0.15) is 0 Å². The summed E-state index contributed by atoms with van der Waals surface area (Å²) in [5, 5.41) is 21.7. The minimum Gasteiger partial charge on any atom is -0.390 e. The second-order valence-electron chi connectivity index (χ2n) is 4.21. The average molecular weight is 282 g/mol. The van der Waals surface area contributed by atoms with Crippen LogP contribution in [0.15, 0.2) is 11.4 Å². The van der Waals surface area contributed by atoms with Gasteiger partial charge in [-0.2, -0.15) is 0 Å². The Kier molecular flexibility index (Phi) is 4.92. The first-order valence-electron chi connectivity index (χ1n) is 6.25. The lowest BCUT2D eigenvalue weighted by Crippen LogP contribution is -2.05. The number of imidazole rings is 1. The maximum Gasteiger partial charge on any atom is 0.168 e. The number of rotatable bonds is 7. The van der Waals surface area contributed by atoms with E-state index in [1.54, 1.807) is 18.0 Å². The molecule has 2 rings (SSSR count). The topological polar surface area (TPSA) is 81.7 Å². The number of aliphatic hydroxyl groups is 1. The van der Waals surface area contributed by atoms with E-state index in [0.29, 0.717) is 5.75 Å². The van der Waals surface area contributed by atoms with Crippen molar-refractivity contribution in [2.24, 2.45) is 7.05 Å². The summed E-state index contributed by atoms with van der Waals surface area (Å²) in [6, 6.07) is 0. The predicted molar refractivity (Wildman–Crippen MR) is 71.4 cm³/mol. The van der Waals surface area contributed by atoms with E-state index in [2.05, 4.69) is 27.4 Å². The quantitative estimate of drug-likeness (QED) is 0.763. The summed E-state index contributed by atoms with van der Waals surface area (Å²) in [6.07, 6.45) is 3.87. The molecule has 0 aliphatic heterocycles. The Balaban J connectivity index is 1.98. The first kappa shape index (κ1) is 14.0. The molecule has 2 aromatic heterocycles. The summed E-state index contributed by atoms with van der Waals surface area (Å²) in [5.74, 6) is 1.53. The van der Waals surface area contributed by atoms with Crippen LogP contribution in [0.4, 0.5) is 0 Å². The van der Waals surface area contributed by atoms with Crippen molar-refractivity contribution in [1.82, 2.24) is 29.8 Å².